The first-order valence-corrected chi connectivity index (χ1v) is 8.85. The minimum atomic E-state index is 0.0673. The van der Waals surface area contributed by atoms with Crippen LogP contribution in [-0.4, -0.2) is 68.2 Å². The van der Waals surface area contributed by atoms with Gasteiger partial charge in [-0.1, -0.05) is 0 Å². The molecule has 0 radical (unpaired) electrons. The average molecular weight is 336 g/mol. The van der Waals surface area contributed by atoms with E-state index in [1.54, 1.807) is 7.11 Å². The van der Waals surface area contributed by atoms with Crippen LogP contribution in [0, 0.1) is 5.92 Å². The Labute approximate surface area is 143 Å². The fraction of sp³-hybridized carbons (Fsp3) is 0.765. The lowest BCUT2D eigenvalue weighted by Crippen LogP contribution is -2.35. The quantitative estimate of drug-likeness (QED) is 0.775. The number of hydrogen-bond acceptors (Lipinski definition) is 7. The second-order valence-corrected chi connectivity index (χ2v) is 6.57. The smallest absolute Gasteiger partial charge is 0.224 e. The van der Waals surface area contributed by atoms with Crippen molar-refractivity contribution in [2.45, 2.75) is 25.2 Å². The lowest BCUT2D eigenvalue weighted by Gasteiger charge is -2.33. The first kappa shape index (κ1) is 17.4. The largest absolute Gasteiger partial charge is 0.395 e. The molecule has 2 fully saturated rings. The van der Waals surface area contributed by atoms with Crippen LogP contribution in [-0.2, 0) is 9.47 Å². The molecule has 3 heterocycles. The van der Waals surface area contributed by atoms with Crippen molar-refractivity contribution in [3.8, 4) is 0 Å². The maximum absolute atomic E-state index is 9.05. The van der Waals surface area contributed by atoms with E-state index in [1.807, 2.05) is 0 Å². The van der Waals surface area contributed by atoms with Crippen molar-refractivity contribution in [2.75, 3.05) is 63.4 Å². The number of piperidine rings is 1. The maximum atomic E-state index is 9.05. The summed E-state index contributed by atoms with van der Waals surface area (Å²) in [7, 11) is 1.77. The Hall–Kier alpha value is -1.44. The third kappa shape index (κ3) is 4.34. The van der Waals surface area contributed by atoms with Crippen molar-refractivity contribution in [1.29, 1.82) is 0 Å². The van der Waals surface area contributed by atoms with Crippen LogP contribution >= 0.6 is 0 Å². The molecule has 2 saturated heterocycles. The van der Waals surface area contributed by atoms with E-state index < -0.39 is 0 Å². The standard InChI is InChI=1S/C17H28N4O3/c1-23-11-13-2-6-21(7-3-13)16-10-15(14-4-9-24-12-14)19-17(20-16)18-5-8-22/h10,13-14,22H,2-9,11-12H2,1H3,(H,18,19,20)/t14-/m0/s1. The van der Waals surface area contributed by atoms with Crippen LogP contribution in [0.2, 0.25) is 0 Å². The van der Waals surface area contributed by atoms with E-state index in [2.05, 4.69) is 26.3 Å². The van der Waals surface area contributed by atoms with Crippen LogP contribution in [0.3, 0.4) is 0 Å². The number of ether oxygens (including phenoxy) is 2. The highest BCUT2D eigenvalue weighted by atomic mass is 16.5. The topological polar surface area (TPSA) is 79.7 Å². The van der Waals surface area contributed by atoms with E-state index in [9.17, 15) is 0 Å². The van der Waals surface area contributed by atoms with Gasteiger partial charge >= 0.3 is 0 Å². The van der Waals surface area contributed by atoms with Crippen LogP contribution in [0.1, 0.15) is 30.9 Å². The molecule has 2 aliphatic rings. The number of rotatable bonds is 7. The molecule has 0 bridgehead atoms. The summed E-state index contributed by atoms with van der Waals surface area (Å²) < 4.78 is 10.8. The molecular formula is C17H28N4O3. The molecule has 3 rings (SSSR count). The van der Waals surface area contributed by atoms with Crippen molar-refractivity contribution in [2.24, 2.45) is 5.92 Å². The Morgan fingerprint density at radius 1 is 1.33 bits per heavy atom. The summed E-state index contributed by atoms with van der Waals surface area (Å²) in [6.07, 6.45) is 3.25. The summed E-state index contributed by atoms with van der Waals surface area (Å²) >= 11 is 0. The van der Waals surface area contributed by atoms with Gasteiger partial charge in [-0.15, -0.1) is 0 Å². The number of nitrogens with zero attached hydrogens (tertiary/aromatic N) is 3. The normalized spacial score (nSPS) is 22.1. The van der Waals surface area contributed by atoms with E-state index in [0.717, 1.165) is 63.7 Å². The highest BCUT2D eigenvalue weighted by molar-refractivity contribution is 5.46. The molecule has 1 aromatic rings. The molecule has 0 amide bonds. The Morgan fingerprint density at radius 2 is 2.17 bits per heavy atom. The Bertz CT molecular complexity index is 515. The Kier molecular flexibility index (Phi) is 6.23. The first-order chi connectivity index (χ1) is 11.8. The van der Waals surface area contributed by atoms with Crippen LogP contribution in [0.15, 0.2) is 6.07 Å². The van der Waals surface area contributed by atoms with Crippen LogP contribution in [0.5, 0.6) is 0 Å². The molecule has 0 spiro atoms. The number of anilines is 2. The number of methoxy groups -OCH3 is 1. The summed E-state index contributed by atoms with van der Waals surface area (Å²) in [4.78, 5) is 11.6. The van der Waals surface area contributed by atoms with Crippen LogP contribution < -0.4 is 10.2 Å². The van der Waals surface area contributed by atoms with Gasteiger partial charge in [-0.3, -0.25) is 0 Å². The van der Waals surface area contributed by atoms with E-state index in [-0.39, 0.29) is 6.61 Å². The third-order valence-electron chi connectivity index (χ3n) is 4.82. The molecular weight excluding hydrogens is 308 g/mol. The van der Waals surface area contributed by atoms with Crippen molar-refractivity contribution in [3.63, 3.8) is 0 Å². The van der Waals surface area contributed by atoms with Gasteiger partial charge in [-0.2, -0.15) is 4.98 Å². The number of nitrogens with one attached hydrogen (secondary N) is 1. The van der Waals surface area contributed by atoms with Crippen molar-refractivity contribution < 1.29 is 14.6 Å². The maximum Gasteiger partial charge on any atom is 0.224 e. The minimum absolute atomic E-state index is 0.0673. The Morgan fingerprint density at radius 3 is 2.83 bits per heavy atom. The predicted molar refractivity (Wildman–Crippen MR) is 92.6 cm³/mol. The predicted octanol–water partition coefficient (Wildman–Crippen LogP) is 1.25. The van der Waals surface area contributed by atoms with Crippen LogP contribution in [0.4, 0.5) is 11.8 Å². The molecule has 0 saturated carbocycles. The first-order valence-electron chi connectivity index (χ1n) is 8.85. The summed E-state index contributed by atoms with van der Waals surface area (Å²) in [5, 5.41) is 12.2. The molecule has 1 atom stereocenters. The van der Waals surface area contributed by atoms with Gasteiger partial charge in [0.05, 0.1) is 18.9 Å². The van der Waals surface area contributed by atoms with Gasteiger partial charge in [-0.05, 0) is 25.2 Å². The lowest BCUT2D eigenvalue weighted by atomic mass is 9.97. The summed E-state index contributed by atoms with van der Waals surface area (Å²) in [5.74, 6) is 2.56. The molecule has 0 unspecified atom stereocenters. The van der Waals surface area contributed by atoms with E-state index >= 15 is 0 Å². The molecule has 7 heteroatoms. The highest BCUT2D eigenvalue weighted by Crippen LogP contribution is 2.29. The van der Waals surface area contributed by atoms with E-state index in [4.69, 9.17) is 14.6 Å². The molecule has 2 N–H and O–H groups in total. The number of aliphatic hydroxyl groups is 1. The fourth-order valence-electron chi connectivity index (χ4n) is 3.40. The highest BCUT2D eigenvalue weighted by Gasteiger charge is 2.24. The van der Waals surface area contributed by atoms with Crippen LogP contribution in [0.25, 0.3) is 0 Å². The number of hydrogen-bond donors (Lipinski definition) is 2. The molecule has 24 heavy (non-hydrogen) atoms. The second kappa shape index (κ2) is 8.60. The SMILES string of the molecule is COCC1CCN(c2cc([C@H]3CCOC3)nc(NCCO)n2)CC1. The molecule has 7 nitrogen and oxygen atoms in total. The summed E-state index contributed by atoms with van der Waals surface area (Å²) in [6.45, 7) is 4.87. The monoisotopic (exact) mass is 336 g/mol. The minimum Gasteiger partial charge on any atom is -0.395 e. The van der Waals surface area contributed by atoms with Gasteiger partial charge < -0.3 is 24.8 Å². The molecule has 134 valence electrons. The lowest BCUT2D eigenvalue weighted by molar-refractivity contribution is 0.139. The van der Waals surface area contributed by atoms with E-state index in [0.29, 0.717) is 24.3 Å². The van der Waals surface area contributed by atoms with Crippen molar-refractivity contribution >= 4 is 11.8 Å². The molecule has 1 aromatic heterocycles. The van der Waals surface area contributed by atoms with E-state index in [1.165, 1.54) is 0 Å². The molecule has 2 aliphatic heterocycles. The number of aromatic nitrogens is 2. The number of aliphatic hydroxyl groups excluding tert-OH is 1. The van der Waals surface area contributed by atoms with Gasteiger partial charge in [0, 0.05) is 51.9 Å². The van der Waals surface area contributed by atoms with Gasteiger partial charge in [-0.25, -0.2) is 4.98 Å². The molecule has 0 aromatic carbocycles. The summed E-state index contributed by atoms with van der Waals surface area (Å²) in [6, 6.07) is 2.11. The van der Waals surface area contributed by atoms with Gasteiger partial charge in [0.25, 0.3) is 0 Å². The van der Waals surface area contributed by atoms with Gasteiger partial charge in [0.1, 0.15) is 5.82 Å². The molecule has 0 aliphatic carbocycles. The zero-order chi connectivity index (χ0) is 16.8. The van der Waals surface area contributed by atoms with Crippen molar-refractivity contribution in [1.82, 2.24) is 9.97 Å². The fourth-order valence-corrected chi connectivity index (χ4v) is 3.40. The van der Waals surface area contributed by atoms with Gasteiger partial charge in [0.15, 0.2) is 0 Å². The zero-order valence-corrected chi connectivity index (χ0v) is 14.4. The average Bonchev–Trinajstić information content (AvgIpc) is 3.15. The second-order valence-electron chi connectivity index (χ2n) is 6.57. The third-order valence-corrected chi connectivity index (χ3v) is 4.82. The zero-order valence-electron chi connectivity index (χ0n) is 14.4. The van der Waals surface area contributed by atoms with Crippen molar-refractivity contribution in [3.05, 3.63) is 11.8 Å². The van der Waals surface area contributed by atoms with Gasteiger partial charge in [0.2, 0.25) is 5.95 Å². The Balaban J connectivity index is 1.74. The summed E-state index contributed by atoms with van der Waals surface area (Å²) in [5.41, 5.74) is 1.04.